The van der Waals surface area contributed by atoms with Crippen LogP contribution in [0.15, 0.2) is 36.4 Å². The van der Waals surface area contributed by atoms with Gasteiger partial charge in [-0.25, -0.2) is 0 Å². The molecule has 0 amide bonds. The molecule has 2 aromatic rings. The second-order valence-corrected chi connectivity index (χ2v) is 6.81. The number of rotatable bonds is 7. The van der Waals surface area contributed by atoms with Crippen molar-refractivity contribution in [1.82, 2.24) is 5.32 Å². The minimum atomic E-state index is -0.355. The number of ether oxygens (including phenoxy) is 3. The van der Waals surface area contributed by atoms with E-state index in [1.807, 2.05) is 13.1 Å². The molecule has 3 N–H and O–H groups in total. The maximum absolute atomic E-state index is 12.4. The molecule has 0 radical (unpaired) electrons. The predicted octanol–water partition coefficient (Wildman–Crippen LogP) is 2.41. The largest absolute Gasteiger partial charge is 0.504 e. The van der Waals surface area contributed by atoms with Crippen molar-refractivity contribution >= 4 is 5.97 Å². The lowest BCUT2D eigenvalue weighted by Crippen LogP contribution is -2.32. The van der Waals surface area contributed by atoms with Gasteiger partial charge in [-0.3, -0.25) is 4.79 Å². The van der Waals surface area contributed by atoms with Gasteiger partial charge in [0, 0.05) is 12.0 Å². The molecule has 0 aliphatic carbocycles. The molecule has 2 aromatic carbocycles. The highest BCUT2D eigenvalue weighted by Gasteiger charge is 2.41. The van der Waals surface area contributed by atoms with Crippen molar-refractivity contribution in [2.24, 2.45) is 11.8 Å². The second-order valence-electron chi connectivity index (χ2n) is 6.81. The summed E-state index contributed by atoms with van der Waals surface area (Å²) in [5.41, 5.74) is 1.77. The summed E-state index contributed by atoms with van der Waals surface area (Å²) >= 11 is 0. The first-order valence-electron chi connectivity index (χ1n) is 9.05. The summed E-state index contributed by atoms with van der Waals surface area (Å²) in [7, 11) is 4.81. The SMILES string of the molecule is CN[C@@H](c1ccc(O)c(OC)c1)[C@H]1COC(=O)[C@@H]1Cc1ccc(O)c(OC)c1. The molecular formula is C21H25NO6. The summed E-state index contributed by atoms with van der Waals surface area (Å²) in [6.45, 7) is 0.299. The normalized spacial score (nSPS) is 19.9. The van der Waals surface area contributed by atoms with Gasteiger partial charge in [-0.2, -0.15) is 0 Å². The standard InChI is InChI=1S/C21H25NO6/c1-22-20(13-5-7-17(24)19(10-13)27-3)15-11-28-21(25)14(15)8-12-4-6-16(23)18(9-12)26-2/h4-7,9-10,14-15,20,22-24H,8,11H2,1-3H3/t14-,15+,20+/m1/s1. The summed E-state index contributed by atoms with van der Waals surface area (Å²) in [5.74, 6) is 0.159. The molecule has 1 saturated heterocycles. The number of benzene rings is 2. The molecule has 1 aliphatic heterocycles. The number of aromatic hydroxyl groups is 2. The molecule has 7 heteroatoms. The van der Waals surface area contributed by atoms with Gasteiger partial charge >= 0.3 is 5.97 Å². The number of hydrogen-bond acceptors (Lipinski definition) is 7. The van der Waals surface area contributed by atoms with Crippen molar-refractivity contribution in [3.05, 3.63) is 47.5 Å². The molecule has 1 heterocycles. The molecule has 0 bridgehead atoms. The summed E-state index contributed by atoms with van der Waals surface area (Å²) in [4.78, 5) is 12.4. The third kappa shape index (κ3) is 3.84. The van der Waals surface area contributed by atoms with E-state index in [4.69, 9.17) is 14.2 Å². The van der Waals surface area contributed by atoms with Gasteiger partial charge in [-0.05, 0) is 48.9 Å². The maximum atomic E-state index is 12.4. The van der Waals surface area contributed by atoms with Crippen molar-refractivity contribution < 1.29 is 29.2 Å². The summed E-state index contributed by atoms with van der Waals surface area (Å²) < 4.78 is 15.7. The van der Waals surface area contributed by atoms with E-state index >= 15 is 0 Å². The van der Waals surface area contributed by atoms with E-state index in [-0.39, 0.29) is 35.3 Å². The lowest BCUT2D eigenvalue weighted by atomic mass is 9.81. The van der Waals surface area contributed by atoms with Crippen molar-refractivity contribution in [1.29, 1.82) is 0 Å². The first kappa shape index (κ1) is 19.8. The van der Waals surface area contributed by atoms with Gasteiger partial charge in [0.1, 0.15) is 0 Å². The van der Waals surface area contributed by atoms with Crippen molar-refractivity contribution in [2.75, 3.05) is 27.9 Å². The molecule has 1 fully saturated rings. The highest BCUT2D eigenvalue weighted by Crippen LogP contribution is 2.39. The van der Waals surface area contributed by atoms with E-state index in [0.29, 0.717) is 24.5 Å². The van der Waals surface area contributed by atoms with Gasteiger partial charge in [0.05, 0.1) is 26.7 Å². The van der Waals surface area contributed by atoms with Gasteiger partial charge in [0.2, 0.25) is 0 Å². The van der Waals surface area contributed by atoms with Crippen molar-refractivity contribution in [2.45, 2.75) is 12.5 Å². The zero-order valence-corrected chi connectivity index (χ0v) is 16.1. The molecule has 3 atom stereocenters. The van der Waals surface area contributed by atoms with E-state index < -0.39 is 0 Å². The van der Waals surface area contributed by atoms with Gasteiger partial charge in [-0.15, -0.1) is 0 Å². The predicted molar refractivity (Wildman–Crippen MR) is 103 cm³/mol. The minimum absolute atomic E-state index is 0.0566. The molecule has 28 heavy (non-hydrogen) atoms. The quantitative estimate of drug-likeness (QED) is 0.628. The Balaban J connectivity index is 1.88. The Morgan fingerprint density at radius 2 is 1.75 bits per heavy atom. The highest BCUT2D eigenvalue weighted by molar-refractivity contribution is 5.75. The number of hydrogen-bond donors (Lipinski definition) is 3. The van der Waals surface area contributed by atoms with Gasteiger partial charge in [0.25, 0.3) is 0 Å². The van der Waals surface area contributed by atoms with E-state index in [1.54, 1.807) is 30.3 Å². The second kappa shape index (κ2) is 8.39. The fraction of sp³-hybridized carbons (Fsp3) is 0.381. The number of esters is 1. The van der Waals surface area contributed by atoms with Crippen LogP contribution in [0.2, 0.25) is 0 Å². The number of methoxy groups -OCH3 is 2. The Labute approximate surface area is 163 Å². The summed E-state index contributed by atoms with van der Waals surface area (Å²) in [6, 6.07) is 10.1. The Bertz CT molecular complexity index is 853. The number of carbonyl (C=O) groups excluding carboxylic acids is 1. The molecule has 7 nitrogen and oxygen atoms in total. The van der Waals surface area contributed by atoms with Crippen LogP contribution >= 0.6 is 0 Å². The number of cyclic esters (lactones) is 1. The molecule has 0 aromatic heterocycles. The van der Waals surface area contributed by atoms with Crippen LogP contribution in [-0.2, 0) is 16.0 Å². The highest BCUT2D eigenvalue weighted by atomic mass is 16.5. The Hall–Kier alpha value is -2.93. The van der Waals surface area contributed by atoms with E-state index in [1.165, 1.54) is 14.2 Å². The Morgan fingerprint density at radius 3 is 2.39 bits per heavy atom. The fourth-order valence-electron chi connectivity index (χ4n) is 3.76. The zero-order valence-electron chi connectivity index (χ0n) is 16.1. The van der Waals surface area contributed by atoms with E-state index in [2.05, 4.69) is 5.32 Å². The smallest absolute Gasteiger partial charge is 0.309 e. The maximum Gasteiger partial charge on any atom is 0.309 e. The lowest BCUT2D eigenvalue weighted by Gasteiger charge is -2.26. The molecule has 3 rings (SSSR count). The van der Waals surface area contributed by atoms with Crippen LogP contribution in [0.1, 0.15) is 17.2 Å². The van der Waals surface area contributed by atoms with Crippen LogP contribution in [0.4, 0.5) is 0 Å². The van der Waals surface area contributed by atoms with Crippen molar-refractivity contribution in [3.8, 4) is 23.0 Å². The average molecular weight is 387 g/mol. The molecule has 0 saturated carbocycles. The lowest BCUT2D eigenvalue weighted by molar-refractivity contribution is -0.141. The van der Waals surface area contributed by atoms with Crippen LogP contribution in [0.25, 0.3) is 0 Å². The van der Waals surface area contributed by atoms with Gasteiger partial charge < -0.3 is 29.7 Å². The van der Waals surface area contributed by atoms with Crippen LogP contribution in [0.5, 0.6) is 23.0 Å². The van der Waals surface area contributed by atoms with Crippen LogP contribution in [-0.4, -0.2) is 44.1 Å². The van der Waals surface area contributed by atoms with E-state index in [9.17, 15) is 15.0 Å². The third-order valence-electron chi connectivity index (χ3n) is 5.24. The molecule has 150 valence electrons. The average Bonchev–Trinajstić information content (AvgIpc) is 3.05. The number of nitrogens with one attached hydrogen (secondary N) is 1. The molecule has 0 spiro atoms. The fourth-order valence-corrected chi connectivity index (χ4v) is 3.76. The number of phenolic OH excluding ortho intramolecular Hbond substituents is 2. The zero-order chi connectivity index (χ0) is 20.3. The van der Waals surface area contributed by atoms with Gasteiger partial charge in [0.15, 0.2) is 23.0 Å². The molecule has 0 unspecified atom stereocenters. The monoisotopic (exact) mass is 387 g/mol. The molecular weight excluding hydrogens is 362 g/mol. The Kier molecular flexibility index (Phi) is 5.94. The summed E-state index contributed by atoms with van der Waals surface area (Å²) in [6.07, 6.45) is 0.466. The summed E-state index contributed by atoms with van der Waals surface area (Å²) in [5, 5.41) is 22.9. The van der Waals surface area contributed by atoms with E-state index in [0.717, 1.165) is 11.1 Å². The number of carbonyl (C=O) groups is 1. The Morgan fingerprint density at radius 1 is 1.11 bits per heavy atom. The van der Waals surface area contributed by atoms with Crippen LogP contribution in [0.3, 0.4) is 0 Å². The van der Waals surface area contributed by atoms with Crippen LogP contribution in [0, 0.1) is 11.8 Å². The first-order chi connectivity index (χ1) is 13.5. The molecule has 1 aliphatic rings. The van der Waals surface area contributed by atoms with Gasteiger partial charge in [-0.1, -0.05) is 12.1 Å². The van der Waals surface area contributed by atoms with Crippen molar-refractivity contribution in [3.63, 3.8) is 0 Å². The first-order valence-corrected chi connectivity index (χ1v) is 9.05. The third-order valence-corrected chi connectivity index (χ3v) is 5.24. The minimum Gasteiger partial charge on any atom is -0.504 e. The van der Waals surface area contributed by atoms with Crippen LogP contribution < -0.4 is 14.8 Å². The number of phenols is 2. The topological polar surface area (TPSA) is 97.2 Å².